The third-order valence-corrected chi connectivity index (χ3v) is 4.27. The quantitative estimate of drug-likeness (QED) is 0.834. The topological polar surface area (TPSA) is 88.5 Å². The van der Waals surface area contributed by atoms with Crippen molar-refractivity contribution in [2.75, 3.05) is 33.7 Å². The largest absolute Gasteiger partial charge is 0.341 e. The van der Waals surface area contributed by atoms with Gasteiger partial charge in [0, 0.05) is 38.2 Å². The van der Waals surface area contributed by atoms with Gasteiger partial charge in [-0.3, -0.25) is 4.79 Å². The monoisotopic (exact) mass is 365 g/mol. The van der Waals surface area contributed by atoms with E-state index < -0.39 is 0 Å². The van der Waals surface area contributed by atoms with E-state index in [0.29, 0.717) is 31.2 Å². The van der Waals surface area contributed by atoms with Crippen LogP contribution >= 0.6 is 12.4 Å². The zero-order valence-electron chi connectivity index (χ0n) is 14.5. The van der Waals surface area contributed by atoms with Crippen molar-refractivity contribution in [3.8, 4) is 11.4 Å². The van der Waals surface area contributed by atoms with E-state index in [9.17, 15) is 4.79 Å². The van der Waals surface area contributed by atoms with E-state index in [0.717, 1.165) is 24.2 Å². The fourth-order valence-electron chi connectivity index (χ4n) is 2.78. The van der Waals surface area contributed by atoms with E-state index in [-0.39, 0.29) is 24.2 Å². The molecule has 1 aromatic heterocycles. The molecule has 0 aliphatic carbocycles. The molecule has 136 valence electrons. The Bertz CT molecular complexity index is 701. The third kappa shape index (κ3) is 4.56. The predicted octanol–water partition coefficient (Wildman–Crippen LogP) is 1.49. The molecule has 1 saturated heterocycles. The Labute approximate surface area is 153 Å². The maximum Gasteiger partial charge on any atom is 0.232 e. The second-order valence-corrected chi connectivity index (χ2v) is 6.40. The van der Waals surface area contributed by atoms with E-state index in [1.54, 1.807) is 0 Å². The minimum Gasteiger partial charge on any atom is -0.341 e. The van der Waals surface area contributed by atoms with Crippen molar-refractivity contribution in [2.45, 2.75) is 18.9 Å². The first-order valence-corrected chi connectivity index (χ1v) is 8.12. The molecule has 1 amide bonds. The number of nitrogens with two attached hydrogens (primary N) is 1. The molecular formula is C17H24ClN5O2. The van der Waals surface area contributed by atoms with Gasteiger partial charge < -0.3 is 20.1 Å². The van der Waals surface area contributed by atoms with E-state index in [4.69, 9.17) is 10.3 Å². The third-order valence-electron chi connectivity index (χ3n) is 4.27. The summed E-state index contributed by atoms with van der Waals surface area (Å²) in [4.78, 5) is 20.5. The summed E-state index contributed by atoms with van der Waals surface area (Å²) in [6.07, 6.45) is 0.432. The van der Waals surface area contributed by atoms with Crippen LogP contribution in [-0.4, -0.2) is 59.6 Å². The zero-order chi connectivity index (χ0) is 17.1. The Morgan fingerprint density at radius 1 is 1.32 bits per heavy atom. The van der Waals surface area contributed by atoms with Crippen LogP contribution in [0.4, 0.5) is 0 Å². The number of halogens is 1. The van der Waals surface area contributed by atoms with Gasteiger partial charge in [0.1, 0.15) is 0 Å². The molecule has 8 heteroatoms. The lowest BCUT2D eigenvalue weighted by Gasteiger charge is -2.18. The molecule has 0 radical (unpaired) electrons. The molecule has 0 spiro atoms. The number of carbonyl (C=O) groups is 1. The fourth-order valence-corrected chi connectivity index (χ4v) is 2.78. The maximum absolute atomic E-state index is 12.1. The van der Waals surface area contributed by atoms with Gasteiger partial charge in [0.2, 0.25) is 17.6 Å². The van der Waals surface area contributed by atoms with Crippen molar-refractivity contribution in [3.05, 3.63) is 35.7 Å². The molecule has 1 aromatic carbocycles. The van der Waals surface area contributed by atoms with Crippen LogP contribution in [0, 0.1) is 0 Å². The summed E-state index contributed by atoms with van der Waals surface area (Å²) >= 11 is 0. The van der Waals surface area contributed by atoms with Crippen LogP contribution in [0.3, 0.4) is 0 Å². The van der Waals surface area contributed by atoms with Gasteiger partial charge in [-0.1, -0.05) is 29.4 Å². The molecule has 0 bridgehead atoms. The van der Waals surface area contributed by atoms with Crippen molar-refractivity contribution in [1.29, 1.82) is 0 Å². The van der Waals surface area contributed by atoms with Crippen LogP contribution in [0.15, 0.2) is 28.8 Å². The summed E-state index contributed by atoms with van der Waals surface area (Å²) in [5.41, 5.74) is 7.55. The van der Waals surface area contributed by atoms with Crippen LogP contribution in [0.25, 0.3) is 11.4 Å². The van der Waals surface area contributed by atoms with Gasteiger partial charge in [-0.15, -0.1) is 12.4 Å². The normalized spacial score (nSPS) is 17.2. The lowest BCUT2D eigenvalue weighted by Crippen LogP contribution is -2.32. The Kier molecular flexibility index (Phi) is 6.52. The van der Waals surface area contributed by atoms with Crippen LogP contribution in [-0.2, 0) is 11.3 Å². The van der Waals surface area contributed by atoms with E-state index in [1.807, 2.05) is 43.3 Å². The fraction of sp³-hybridized carbons (Fsp3) is 0.471. The molecule has 1 unspecified atom stereocenters. The van der Waals surface area contributed by atoms with Gasteiger partial charge in [-0.05, 0) is 19.7 Å². The molecule has 1 fully saturated rings. The maximum atomic E-state index is 12.1. The molecule has 2 aromatic rings. The van der Waals surface area contributed by atoms with E-state index in [1.165, 1.54) is 0 Å². The molecule has 2 heterocycles. The summed E-state index contributed by atoms with van der Waals surface area (Å²) in [5.74, 6) is 1.21. The summed E-state index contributed by atoms with van der Waals surface area (Å²) in [7, 11) is 4.00. The van der Waals surface area contributed by atoms with Gasteiger partial charge in [-0.25, -0.2) is 0 Å². The number of likely N-dealkylation sites (N-methyl/N-ethyl adjacent to an activating group) is 1. The van der Waals surface area contributed by atoms with Gasteiger partial charge >= 0.3 is 0 Å². The average Bonchev–Trinajstić information content (AvgIpc) is 3.20. The van der Waals surface area contributed by atoms with Gasteiger partial charge in [0.05, 0.1) is 5.92 Å². The summed E-state index contributed by atoms with van der Waals surface area (Å²) in [5, 5.41) is 4.06. The number of nitrogens with zero attached hydrogens (tertiary/aromatic N) is 4. The summed E-state index contributed by atoms with van der Waals surface area (Å²) < 4.78 is 5.41. The van der Waals surface area contributed by atoms with Gasteiger partial charge in [0.25, 0.3) is 0 Å². The number of carbonyl (C=O) groups excluding carboxylic acids is 1. The molecule has 3 rings (SSSR count). The SMILES string of the molecule is CN(C)CCN1CC(c2nc(-c3ccc(CN)cc3)no2)CC1=O.Cl. The predicted molar refractivity (Wildman–Crippen MR) is 97.4 cm³/mol. The minimum atomic E-state index is -0.0239. The zero-order valence-corrected chi connectivity index (χ0v) is 15.3. The Balaban J connectivity index is 0.00000225. The van der Waals surface area contributed by atoms with Crippen molar-refractivity contribution >= 4 is 18.3 Å². The van der Waals surface area contributed by atoms with E-state index in [2.05, 4.69) is 15.0 Å². The Hall–Kier alpha value is -1.96. The molecule has 1 aliphatic rings. The van der Waals surface area contributed by atoms with Gasteiger partial charge in [0.15, 0.2) is 0 Å². The van der Waals surface area contributed by atoms with Crippen LogP contribution < -0.4 is 5.73 Å². The highest BCUT2D eigenvalue weighted by molar-refractivity contribution is 5.85. The molecular weight excluding hydrogens is 342 g/mol. The first-order valence-electron chi connectivity index (χ1n) is 8.12. The Morgan fingerprint density at radius 3 is 2.68 bits per heavy atom. The number of rotatable bonds is 6. The molecule has 0 saturated carbocycles. The molecule has 25 heavy (non-hydrogen) atoms. The smallest absolute Gasteiger partial charge is 0.232 e. The average molecular weight is 366 g/mol. The highest BCUT2D eigenvalue weighted by atomic mass is 35.5. The van der Waals surface area contributed by atoms with Crippen LogP contribution in [0.5, 0.6) is 0 Å². The Morgan fingerprint density at radius 2 is 2.04 bits per heavy atom. The van der Waals surface area contributed by atoms with Crippen molar-refractivity contribution in [3.63, 3.8) is 0 Å². The van der Waals surface area contributed by atoms with Crippen LogP contribution in [0.2, 0.25) is 0 Å². The minimum absolute atomic E-state index is 0. The second-order valence-electron chi connectivity index (χ2n) is 6.40. The van der Waals surface area contributed by atoms with Crippen molar-refractivity contribution in [1.82, 2.24) is 19.9 Å². The highest BCUT2D eigenvalue weighted by Crippen LogP contribution is 2.28. The number of hydrogen-bond donors (Lipinski definition) is 1. The number of likely N-dealkylation sites (tertiary alicyclic amines) is 1. The number of hydrogen-bond acceptors (Lipinski definition) is 6. The lowest BCUT2D eigenvalue weighted by atomic mass is 10.1. The first-order chi connectivity index (χ1) is 11.6. The summed E-state index contributed by atoms with van der Waals surface area (Å²) in [6, 6.07) is 7.76. The van der Waals surface area contributed by atoms with Gasteiger partial charge in [-0.2, -0.15) is 4.98 Å². The van der Waals surface area contributed by atoms with Crippen molar-refractivity contribution < 1.29 is 9.32 Å². The molecule has 1 aliphatic heterocycles. The molecule has 7 nitrogen and oxygen atoms in total. The number of amides is 1. The van der Waals surface area contributed by atoms with Crippen molar-refractivity contribution in [2.24, 2.45) is 5.73 Å². The molecule has 1 atom stereocenters. The lowest BCUT2D eigenvalue weighted by molar-refractivity contribution is -0.127. The standard InChI is InChI=1S/C17H23N5O2.ClH/c1-21(2)7-8-22-11-14(9-15(22)23)17-19-16(20-24-17)13-5-3-12(10-18)4-6-13;/h3-6,14H,7-11,18H2,1-2H3;1H. The van der Waals surface area contributed by atoms with E-state index >= 15 is 0 Å². The van der Waals surface area contributed by atoms with Crippen LogP contribution in [0.1, 0.15) is 23.8 Å². The number of aromatic nitrogens is 2. The number of benzene rings is 1. The first kappa shape index (κ1) is 19.4. The summed E-state index contributed by atoms with van der Waals surface area (Å²) in [6.45, 7) is 2.72. The molecule has 2 N–H and O–H groups in total. The highest BCUT2D eigenvalue weighted by Gasteiger charge is 2.34. The second kappa shape index (κ2) is 8.42.